The molecule has 3 aromatic heterocycles. The Morgan fingerprint density at radius 3 is 0.938 bits per heavy atom. The molecule has 0 atom stereocenters. The molecule has 8 nitrogen and oxygen atoms in total. The van der Waals surface area contributed by atoms with E-state index < -0.39 is 8.07 Å². The summed E-state index contributed by atoms with van der Waals surface area (Å²) in [5, 5.41) is 5.24. The van der Waals surface area contributed by atoms with Crippen LogP contribution in [0.3, 0.4) is 0 Å². The number of nitrogens with one attached hydrogen (secondary N) is 2. The van der Waals surface area contributed by atoms with Crippen LogP contribution in [-0.2, 0) is 16.2 Å². The smallest absolute Gasteiger partial charge is 0.164 e. The molecule has 5 heterocycles. The number of H-pyrrole nitrogens is 2. The summed E-state index contributed by atoms with van der Waals surface area (Å²) in [5.74, 6) is 2.33. The van der Waals surface area contributed by atoms with Crippen molar-refractivity contribution < 1.29 is 0 Å². The lowest BCUT2D eigenvalue weighted by atomic mass is 9.85. The highest BCUT2D eigenvalue weighted by Crippen LogP contribution is 2.42. The van der Waals surface area contributed by atoms with Crippen LogP contribution in [-0.4, -0.2) is 47.9 Å². The van der Waals surface area contributed by atoms with E-state index in [0.29, 0.717) is 45.9 Å². The summed E-state index contributed by atoms with van der Waals surface area (Å²) in [6.45, 7) is 27.3. The molecule has 0 spiro atoms. The number of fused-ring (bicyclic) bond motifs is 20. The van der Waals surface area contributed by atoms with Gasteiger partial charge in [-0.3, -0.25) is 0 Å². The maximum atomic E-state index is 5.44. The van der Waals surface area contributed by atoms with E-state index in [1.54, 1.807) is 0 Å². The van der Waals surface area contributed by atoms with Gasteiger partial charge in [-0.15, -0.1) is 0 Å². The fourth-order valence-corrected chi connectivity index (χ4v) is 12.3. The summed E-state index contributed by atoms with van der Waals surface area (Å²) in [5.41, 5.74) is 19.0. The zero-order valence-corrected chi connectivity index (χ0v) is 48.8. The lowest BCUT2D eigenvalue weighted by molar-refractivity contribution is 0.590. The molecule has 0 fully saturated rings. The summed E-state index contributed by atoms with van der Waals surface area (Å²) in [4.78, 5) is 39.5. The van der Waals surface area contributed by atoms with Crippen molar-refractivity contribution in [2.75, 3.05) is 0 Å². The highest BCUT2D eigenvalue weighted by Gasteiger charge is 2.27. The van der Waals surface area contributed by atoms with Crippen LogP contribution < -0.4 is 5.19 Å². The number of hydrogen-bond donors (Lipinski definition) is 2. The first-order valence-electron chi connectivity index (χ1n) is 27.9. The van der Waals surface area contributed by atoms with Gasteiger partial charge in [0.05, 0.1) is 8.07 Å². The topological polar surface area (TPSA) is 109 Å². The Morgan fingerprint density at radius 1 is 0.275 bits per heavy atom. The summed E-state index contributed by atoms with van der Waals surface area (Å²) in [7, 11) is -1.34. The van der Waals surface area contributed by atoms with Gasteiger partial charge in [0.15, 0.2) is 23.3 Å². The Bertz CT molecular complexity index is 4440. The summed E-state index contributed by atoms with van der Waals surface area (Å²) >= 11 is 0. The van der Waals surface area contributed by atoms with Crippen molar-refractivity contribution in [3.05, 3.63) is 187 Å². The van der Waals surface area contributed by atoms with Gasteiger partial charge >= 0.3 is 0 Å². The van der Waals surface area contributed by atoms with E-state index in [9.17, 15) is 0 Å². The zero-order chi connectivity index (χ0) is 55.6. The van der Waals surface area contributed by atoms with Gasteiger partial charge < -0.3 is 9.97 Å². The largest absolute Gasteiger partial charge is 0.324 e. The highest BCUT2D eigenvalue weighted by molar-refractivity contribution is 6.88. The molecule has 2 aliphatic heterocycles. The van der Waals surface area contributed by atoms with E-state index in [1.165, 1.54) is 44.1 Å². The van der Waals surface area contributed by atoms with Gasteiger partial charge in [0.1, 0.15) is 22.6 Å². The third-order valence-corrected chi connectivity index (χ3v) is 18.2. The van der Waals surface area contributed by atoms with Crippen LogP contribution in [0.5, 0.6) is 0 Å². The van der Waals surface area contributed by atoms with Gasteiger partial charge in [-0.05, 0) is 108 Å². The minimum atomic E-state index is -1.34. The number of aromatic amines is 2. The Kier molecular flexibility index (Phi) is 11.7. The average Bonchev–Trinajstić information content (AvgIpc) is 4.21. The van der Waals surface area contributed by atoms with Crippen molar-refractivity contribution in [2.24, 2.45) is 0 Å². The highest BCUT2D eigenvalue weighted by atomic mass is 28.3. The lowest BCUT2D eigenvalue weighted by Gasteiger charge is -2.19. The maximum Gasteiger partial charge on any atom is 0.164 e. The molecule has 80 heavy (non-hydrogen) atoms. The minimum Gasteiger partial charge on any atom is -0.324 e. The molecule has 0 saturated heterocycles. The molecule has 394 valence electrons. The monoisotopic (exact) mass is 1060 g/mol. The Hall–Kier alpha value is -8.66. The Morgan fingerprint density at radius 2 is 0.562 bits per heavy atom. The first-order chi connectivity index (χ1) is 38.1. The average molecular weight is 1060 g/mol. The predicted octanol–water partition coefficient (Wildman–Crippen LogP) is 18.0. The van der Waals surface area contributed by atoms with Gasteiger partial charge in [-0.1, -0.05) is 227 Å². The molecule has 2 N–H and O–H groups in total. The number of nitrogens with zero attached hydrogens (tertiary/aromatic N) is 6. The van der Waals surface area contributed by atoms with Crippen molar-refractivity contribution in [3.8, 4) is 90.1 Å². The van der Waals surface area contributed by atoms with E-state index in [2.05, 4.69) is 262 Å². The van der Waals surface area contributed by atoms with Gasteiger partial charge in [0.25, 0.3) is 0 Å². The summed E-state index contributed by atoms with van der Waals surface area (Å²) in [6, 6.07) is 62.1. The van der Waals surface area contributed by atoms with Crippen LogP contribution in [0.2, 0.25) is 19.6 Å². The predicted molar refractivity (Wildman–Crippen MR) is 337 cm³/mol. The third-order valence-electron chi connectivity index (χ3n) is 16.2. The molecule has 0 unspecified atom stereocenters. The number of benzene rings is 8. The van der Waals surface area contributed by atoms with Crippen molar-refractivity contribution >= 4 is 57.4 Å². The van der Waals surface area contributed by atoms with Crippen molar-refractivity contribution in [1.82, 2.24) is 39.9 Å². The molecular weight excluding hydrogens is 993 g/mol. The fourth-order valence-electron chi connectivity index (χ4n) is 11.1. The van der Waals surface area contributed by atoms with E-state index in [4.69, 9.17) is 29.9 Å². The number of rotatable bonds is 5. The standard InChI is InChI=1S/C71H66N8Si/c1-69(2,3)49-28-34-54-58(38-49)67-75-62(54)73-65-57-37-48(47-23-21-44(22-24-47)43-15-13-41(14-16-43)42-17-19-45(20-18-42)46-25-31-52(32-26-46)80(10,11)12)27-33-53(57)61(72-65)74-66-59-39-50(70(4,5)6)29-35-55(59)63(76-66)78-68-60-40-51(71(7,8)9)30-36-56(60)64(77-67)79-68/h13-40H,1-12H3,(H2,72,73,74,75,76,77,78,79). The van der Waals surface area contributed by atoms with Gasteiger partial charge in [-0.2, -0.15) is 0 Å². The van der Waals surface area contributed by atoms with E-state index in [1.807, 2.05) is 0 Å². The molecule has 0 saturated carbocycles. The van der Waals surface area contributed by atoms with E-state index in [0.717, 1.165) is 66.1 Å². The van der Waals surface area contributed by atoms with Crippen LogP contribution in [0, 0.1) is 0 Å². The van der Waals surface area contributed by atoms with Crippen LogP contribution in [0.1, 0.15) is 79.0 Å². The second-order valence-corrected chi connectivity index (χ2v) is 31.0. The molecule has 0 amide bonds. The molecule has 8 bridgehead atoms. The lowest BCUT2D eigenvalue weighted by Crippen LogP contribution is -2.37. The van der Waals surface area contributed by atoms with Gasteiger partial charge in [0, 0.05) is 43.8 Å². The second-order valence-electron chi connectivity index (χ2n) is 26.0. The van der Waals surface area contributed by atoms with Crippen LogP contribution in [0.25, 0.3) is 134 Å². The fraction of sp³-hybridized carbons (Fsp3) is 0.211. The first-order valence-corrected chi connectivity index (χ1v) is 31.4. The van der Waals surface area contributed by atoms with Crippen molar-refractivity contribution in [1.29, 1.82) is 0 Å². The van der Waals surface area contributed by atoms with Crippen molar-refractivity contribution in [2.45, 2.75) is 98.2 Å². The normalized spacial score (nSPS) is 12.8. The molecule has 2 aliphatic rings. The summed E-state index contributed by atoms with van der Waals surface area (Å²) in [6.07, 6.45) is 0. The molecular formula is C71H66N8Si. The molecule has 0 aliphatic carbocycles. The molecule has 13 rings (SSSR count). The quantitative estimate of drug-likeness (QED) is 0.166. The SMILES string of the molecule is CC(C)(C)c1ccc2c(c1)-c1nc-2nc2[nH]c(nc3nc(nc4[nH]c(n1)c1ccc(-c5ccc(-c6ccc(-c7ccc(-c8ccc([Si](C)(C)C)cc8)cc7)cc6)cc5)cc41)-c1ccc(C(C)(C)C)cc1-3)c1ccc(C(C)(C)C)cc21. The first kappa shape index (κ1) is 50.8. The van der Waals surface area contributed by atoms with E-state index >= 15 is 0 Å². The number of aromatic nitrogens is 8. The molecule has 9 heteroatoms. The molecule has 0 radical (unpaired) electrons. The minimum absolute atomic E-state index is 0.0902. The van der Waals surface area contributed by atoms with E-state index in [-0.39, 0.29) is 16.2 Å². The second kappa shape index (κ2) is 18.5. The number of hydrogen-bond acceptors (Lipinski definition) is 6. The Labute approximate surface area is 469 Å². The third kappa shape index (κ3) is 9.23. The van der Waals surface area contributed by atoms with Crippen LogP contribution in [0.15, 0.2) is 170 Å². The zero-order valence-electron chi connectivity index (χ0n) is 47.8. The summed E-state index contributed by atoms with van der Waals surface area (Å²) < 4.78 is 0. The molecule has 11 aromatic rings. The van der Waals surface area contributed by atoms with Crippen molar-refractivity contribution in [3.63, 3.8) is 0 Å². The van der Waals surface area contributed by atoms with Gasteiger partial charge in [-0.25, -0.2) is 29.9 Å². The maximum absolute atomic E-state index is 5.44. The van der Waals surface area contributed by atoms with Crippen LogP contribution in [0.4, 0.5) is 0 Å². The Balaban J connectivity index is 0.935. The van der Waals surface area contributed by atoms with Crippen LogP contribution >= 0.6 is 0 Å². The van der Waals surface area contributed by atoms with Gasteiger partial charge in [0.2, 0.25) is 0 Å². The molecule has 8 aromatic carbocycles.